The van der Waals surface area contributed by atoms with E-state index in [2.05, 4.69) is 11.8 Å². The second-order valence-corrected chi connectivity index (χ2v) is 6.19. The SMILES string of the molecule is CCC#CCN(C/C=C/CCl)S(=O)(=O)c1ccccc1. The summed E-state index contributed by atoms with van der Waals surface area (Å²) in [5, 5.41) is 0. The summed E-state index contributed by atoms with van der Waals surface area (Å²) in [6, 6.07) is 8.37. The smallest absolute Gasteiger partial charge is 0.207 e. The van der Waals surface area contributed by atoms with Crippen molar-refractivity contribution in [3.8, 4) is 11.8 Å². The predicted molar refractivity (Wildman–Crippen MR) is 83.1 cm³/mol. The highest BCUT2D eigenvalue weighted by Gasteiger charge is 2.22. The third-order valence-electron chi connectivity index (χ3n) is 2.50. The van der Waals surface area contributed by atoms with Crippen molar-refractivity contribution in [2.75, 3.05) is 19.0 Å². The zero-order chi connectivity index (χ0) is 14.8. The summed E-state index contributed by atoms with van der Waals surface area (Å²) in [7, 11) is -3.53. The van der Waals surface area contributed by atoms with Crippen molar-refractivity contribution in [1.29, 1.82) is 0 Å². The van der Waals surface area contributed by atoms with Gasteiger partial charge in [-0.05, 0) is 12.1 Å². The van der Waals surface area contributed by atoms with Gasteiger partial charge in [-0.1, -0.05) is 43.2 Å². The highest BCUT2D eigenvalue weighted by Crippen LogP contribution is 2.14. The minimum absolute atomic E-state index is 0.178. The van der Waals surface area contributed by atoms with Crippen molar-refractivity contribution in [3.05, 3.63) is 42.5 Å². The molecule has 0 aromatic heterocycles. The number of rotatable bonds is 6. The van der Waals surface area contributed by atoms with Crippen molar-refractivity contribution in [3.63, 3.8) is 0 Å². The second-order valence-electron chi connectivity index (χ2n) is 3.94. The van der Waals surface area contributed by atoms with Crippen LogP contribution in [0.3, 0.4) is 0 Å². The molecule has 1 rings (SSSR count). The molecule has 1 aromatic carbocycles. The Morgan fingerprint density at radius 3 is 2.50 bits per heavy atom. The summed E-state index contributed by atoms with van der Waals surface area (Å²) < 4.78 is 26.4. The topological polar surface area (TPSA) is 37.4 Å². The third-order valence-corrected chi connectivity index (χ3v) is 4.51. The first-order valence-electron chi connectivity index (χ1n) is 6.34. The monoisotopic (exact) mass is 311 g/mol. The number of allylic oxidation sites excluding steroid dienone is 1. The van der Waals surface area contributed by atoms with E-state index in [1.54, 1.807) is 42.5 Å². The molecule has 0 aliphatic carbocycles. The van der Waals surface area contributed by atoms with Crippen LogP contribution in [0.1, 0.15) is 13.3 Å². The van der Waals surface area contributed by atoms with Gasteiger partial charge in [-0.25, -0.2) is 8.42 Å². The lowest BCUT2D eigenvalue weighted by atomic mass is 10.4. The van der Waals surface area contributed by atoms with Crippen LogP contribution in [0.4, 0.5) is 0 Å². The van der Waals surface area contributed by atoms with Gasteiger partial charge in [0.2, 0.25) is 10.0 Å². The summed E-state index contributed by atoms with van der Waals surface area (Å²) in [5.41, 5.74) is 0. The number of hydrogen-bond acceptors (Lipinski definition) is 2. The minimum Gasteiger partial charge on any atom is -0.207 e. The van der Waals surface area contributed by atoms with Crippen molar-refractivity contribution in [2.24, 2.45) is 0 Å². The molecule has 0 heterocycles. The lowest BCUT2D eigenvalue weighted by molar-refractivity contribution is 0.478. The van der Waals surface area contributed by atoms with Crippen LogP contribution in [0.5, 0.6) is 0 Å². The number of nitrogens with zero attached hydrogens (tertiary/aromatic N) is 1. The lowest BCUT2D eigenvalue weighted by Crippen LogP contribution is -2.31. The fourth-order valence-corrected chi connectivity index (χ4v) is 2.96. The van der Waals surface area contributed by atoms with Crippen LogP contribution in [0, 0.1) is 11.8 Å². The van der Waals surface area contributed by atoms with Gasteiger partial charge in [0.1, 0.15) is 0 Å². The van der Waals surface area contributed by atoms with Crippen LogP contribution in [0.2, 0.25) is 0 Å². The molecule has 0 radical (unpaired) electrons. The molecule has 0 aliphatic heterocycles. The second kappa shape index (κ2) is 8.80. The van der Waals surface area contributed by atoms with E-state index in [0.29, 0.717) is 12.3 Å². The van der Waals surface area contributed by atoms with Crippen LogP contribution < -0.4 is 0 Å². The summed E-state index contributed by atoms with van der Waals surface area (Å²) in [5.74, 6) is 6.12. The van der Waals surface area contributed by atoms with Gasteiger partial charge in [0.25, 0.3) is 0 Å². The van der Waals surface area contributed by atoms with Crippen LogP contribution in [0.25, 0.3) is 0 Å². The molecule has 0 N–H and O–H groups in total. The van der Waals surface area contributed by atoms with E-state index in [4.69, 9.17) is 11.6 Å². The van der Waals surface area contributed by atoms with Gasteiger partial charge in [-0.2, -0.15) is 4.31 Å². The van der Waals surface area contributed by atoms with Crippen LogP contribution >= 0.6 is 11.6 Å². The van der Waals surface area contributed by atoms with E-state index < -0.39 is 10.0 Å². The molecule has 0 saturated heterocycles. The first kappa shape index (κ1) is 16.8. The highest BCUT2D eigenvalue weighted by molar-refractivity contribution is 7.89. The predicted octanol–water partition coefficient (Wildman–Crippen LogP) is 2.89. The van der Waals surface area contributed by atoms with E-state index >= 15 is 0 Å². The Morgan fingerprint density at radius 2 is 1.90 bits per heavy atom. The number of alkyl halides is 1. The van der Waals surface area contributed by atoms with Gasteiger partial charge in [0.15, 0.2) is 0 Å². The lowest BCUT2D eigenvalue weighted by Gasteiger charge is -2.18. The molecule has 108 valence electrons. The van der Waals surface area contributed by atoms with E-state index in [1.807, 2.05) is 6.92 Å². The van der Waals surface area contributed by atoms with Crippen molar-refractivity contribution in [2.45, 2.75) is 18.2 Å². The molecule has 5 heteroatoms. The number of halogens is 1. The summed E-state index contributed by atoms with van der Waals surface area (Å²) in [6.45, 7) is 2.37. The van der Waals surface area contributed by atoms with Crippen LogP contribution in [-0.2, 0) is 10.0 Å². The highest BCUT2D eigenvalue weighted by atomic mass is 35.5. The fraction of sp³-hybridized carbons (Fsp3) is 0.333. The maximum atomic E-state index is 12.5. The van der Waals surface area contributed by atoms with Crippen molar-refractivity contribution < 1.29 is 8.42 Å². The van der Waals surface area contributed by atoms with Crippen LogP contribution in [0.15, 0.2) is 47.4 Å². The number of benzene rings is 1. The number of hydrogen-bond donors (Lipinski definition) is 0. The first-order chi connectivity index (χ1) is 9.62. The van der Waals surface area contributed by atoms with Gasteiger partial charge >= 0.3 is 0 Å². The van der Waals surface area contributed by atoms with Gasteiger partial charge < -0.3 is 0 Å². The Labute approximate surface area is 126 Å². The van der Waals surface area contributed by atoms with E-state index in [-0.39, 0.29) is 18.0 Å². The maximum Gasteiger partial charge on any atom is 0.244 e. The van der Waals surface area contributed by atoms with Crippen molar-refractivity contribution >= 4 is 21.6 Å². The Kier molecular flexibility index (Phi) is 7.38. The standard InChI is InChI=1S/C15H18ClNO2S/c1-2-3-8-13-17(14-9-7-12-16)20(18,19)15-10-5-4-6-11-15/h4-7,9-11H,2,12-14H2,1H3/b9-7+. The molecule has 0 fully saturated rings. The molecule has 0 amide bonds. The largest absolute Gasteiger partial charge is 0.244 e. The summed E-state index contributed by atoms with van der Waals surface area (Å²) in [6.07, 6.45) is 4.17. The van der Waals surface area contributed by atoms with Gasteiger partial charge in [-0.3, -0.25) is 0 Å². The molecule has 0 unspecified atom stereocenters. The molecule has 0 saturated carbocycles. The molecule has 0 atom stereocenters. The third kappa shape index (κ3) is 5.01. The molecular weight excluding hydrogens is 294 g/mol. The van der Waals surface area contributed by atoms with E-state index in [0.717, 1.165) is 0 Å². The summed E-state index contributed by atoms with van der Waals surface area (Å²) >= 11 is 5.56. The quantitative estimate of drug-likeness (QED) is 0.460. The Bertz CT molecular complexity index is 585. The van der Waals surface area contributed by atoms with E-state index in [9.17, 15) is 8.42 Å². The van der Waals surface area contributed by atoms with Crippen molar-refractivity contribution in [1.82, 2.24) is 4.31 Å². The molecule has 20 heavy (non-hydrogen) atoms. The average molecular weight is 312 g/mol. The molecule has 0 aliphatic rings. The number of sulfonamides is 1. The molecule has 1 aromatic rings. The van der Waals surface area contributed by atoms with Gasteiger partial charge in [-0.15, -0.1) is 17.5 Å². The molecular formula is C15H18ClNO2S. The van der Waals surface area contributed by atoms with Gasteiger partial charge in [0, 0.05) is 18.8 Å². The molecule has 0 spiro atoms. The molecule has 3 nitrogen and oxygen atoms in total. The zero-order valence-electron chi connectivity index (χ0n) is 11.4. The first-order valence-corrected chi connectivity index (χ1v) is 8.32. The van der Waals surface area contributed by atoms with Crippen LogP contribution in [-0.4, -0.2) is 31.7 Å². The van der Waals surface area contributed by atoms with E-state index in [1.165, 1.54) is 4.31 Å². The normalized spacial score (nSPS) is 11.6. The average Bonchev–Trinajstić information content (AvgIpc) is 2.47. The Hall–Kier alpha value is -1.28. The molecule has 0 bridgehead atoms. The minimum atomic E-state index is -3.53. The zero-order valence-corrected chi connectivity index (χ0v) is 13.0. The fourth-order valence-electron chi connectivity index (χ4n) is 1.51. The Balaban J connectivity index is 2.99. The summed E-state index contributed by atoms with van der Waals surface area (Å²) in [4.78, 5) is 0.276. The Morgan fingerprint density at radius 1 is 1.20 bits per heavy atom. The van der Waals surface area contributed by atoms with Gasteiger partial charge in [0.05, 0.1) is 11.4 Å². The maximum absolute atomic E-state index is 12.5.